The van der Waals surface area contributed by atoms with Gasteiger partial charge in [-0.25, -0.2) is 0 Å². The molecule has 1 aromatic rings. The van der Waals surface area contributed by atoms with Gasteiger partial charge in [0.05, 0.1) is 29.9 Å². The van der Waals surface area contributed by atoms with E-state index in [0.717, 1.165) is 5.56 Å². The Morgan fingerprint density at radius 2 is 2.00 bits per heavy atom. The molecule has 1 aliphatic heterocycles. The summed E-state index contributed by atoms with van der Waals surface area (Å²) < 4.78 is 5.35. The molecule has 1 amide bonds. The molecule has 0 unspecified atom stereocenters. The van der Waals surface area contributed by atoms with E-state index in [1.807, 2.05) is 18.2 Å². The van der Waals surface area contributed by atoms with Crippen LogP contribution in [0.5, 0.6) is 0 Å². The van der Waals surface area contributed by atoms with Gasteiger partial charge in [0.25, 0.3) is 0 Å². The van der Waals surface area contributed by atoms with Gasteiger partial charge in [0.1, 0.15) is 5.76 Å². The number of para-hydroxylation sites is 1. The summed E-state index contributed by atoms with van der Waals surface area (Å²) in [5.41, 5.74) is 0.819. The van der Waals surface area contributed by atoms with E-state index in [2.05, 4.69) is 11.4 Å². The number of benzene rings is 1. The Morgan fingerprint density at radius 1 is 1.33 bits per heavy atom. The molecule has 4 heteroatoms. The number of anilines is 1. The number of rotatable bonds is 1. The van der Waals surface area contributed by atoms with Crippen molar-refractivity contribution in [1.29, 1.82) is 5.26 Å². The topological polar surface area (TPSA) is 62.1 Å². The van der Waals surface area contributed by atoms with Gasteiger partial charge in [-0.15, -0.1) is 0 Å². The smallest absolute Gasteiger partial charge is 0.235 e. The average Bonchev–Trinajstić information content (AvgIpc) is 2.43. The van der Waals surface area contributed by atoms with Gasteiger partial charge in [0.2, 0.25) is 5.91 Å². The molecule has 2 rings (SSSR count). The highest BCUT2D eigenvalue weighted by Crippen LogP contribution is 2.39. The zero-order valence-corrected chi connectivity index (χ0v) is 10.6. The molecule has 1 heterocycles. The Kier molecular flexibility index (Phi) is 2.84. The van der Waals surface area contributed by atoms with Gasteiger partial charge >= 0.3 is 0 Å². The van der Waals surface area contributed by atoms with Crippen LogP contribution >= 0.6 is 0 Å². The number of nitrogens with zero attached hydrogens (tertiary/aromatic N) is 1. The minimum absolute atomic E-state index is 0.210. The number of ether oxygens (including phenoxy) is 1. The lowest BCUT2D eigenvalue weighted by molar-refractivity contribution is -0.122. The van der Waals surface area contributed by atoms with Crippen molar-refractivity contribution < 1.29 is 9.53 Å². The summed E-state index contributed by atoms with van der Waals surface area (Å²) in [7, 11) is 1.51. The lowest BCUT2D eigenvalue weighted by atomic mass is 9.83. The van der Waals surface area contributed by atoms with Gasteiger partial charge in [0.15, 0.2) is 0 Å². The van der Waals surface area contributed by atoms with Crippen molar-refractivity contribution in [3.63, 3.8) is 0 Å². The van der Waals surface area contributed by atoms with Crippen LogP contribution in [0.2, 0.25) is 0 Å². The number of hydrogen-bond donors (Lipinski definition) is 1. The molecule has 1 aliphatic rings. The Bertz CT molecular complexity index is 580. The van der Waals surface area contributed by atoms with E-state index in [9.17, 15) is 10.1 Å². The maximum Gasteiger partial charge on any atom is 0.235 e. The minimum atomic E-state index is -0.918. The van der Waals surface area contributed by atoms with E-state index >= 15 is 0 Å². The second-order valence-corrected chi connectivity index (χ2v) is 4.64. The highest BCUT2D eigenvalue weighted by atomic mass is 16.5. The highest BCUT2D eigenvalue weighted by molar-refractivity contribution is 6.03. The number of carbonyl (C=O) groups excluding carboxylic acids is 1. The van der Waals surface area contributed by atoms with Crippen LogP contribution in [0, 0.1) is 16.7 Å². The second-order valence-electron chi connectivity index (χ2n) is 4.64. The molecular formula is C14H14N2O2. The van der Waals surface area contributed by atoms with Crippen LogP contribution < -0.4 is 5.32 Å². The quantitative estimate of drug-likeness (QED) is 0.823. The lowest BCUT2D eigenvalue weighted by Gasteiger charge is -2.21. The fourth-order valence-electron chi connectivity index (χ4n) is 2.00. The normalized spacial score (nSPS) is 17.3. The molecule has 1 N–H and O–H groups in total. The molecule has 4 nitrogen and oxygen atoms in total. The molecule has 0 aliphatic carbocycles. The predicted molar refractivity (Wildman–Crippen MR) is 68.4 cm³/mol. The first kappa shape index (κ1) is 12.2. The first-order valence-electron chi connectivity index (χ1n) is 5.62. The van der Waals surface area contributed by atoms with Crippen LogP contribution in [-0.4, -0.2) is 13.0 Å². The number of methoxy groups -OCH3 is 1. The van der Waals surface area contributed by atoms with Gasteiger partial charge < -0.3 is 10.1 Å². The summed E-state index contributed by atoms with van der Waals surface area (Å²) in [4.78, 5) is 12.2. The van der Waals surface area contributed by atoms with Gasteiger partial charge in [-0.2, -0.15) is 5.26 Å². The maximum atomic E-state index is 12.2. The number of hydrogen-bond acceptors (Lipinski definition) is 3. The van der Waals surface area contributed by atoms with Crippen molar-refractivity contribution in [3.05, 3.63) is 35.4 Å². The summed E-state index contributed by atoms with van der Waals surface area (Å²) >= 11 is 0. The minimum Gasteiger partial charge on any atom is -0.495 e. The zero-order chi connectivity index (χ0) is 13.3. The third kappa shape index (κ3) is 1.65. The highest BCUT2D eigenvalue weighted by Gasteiger charge is 2.38. The molecule has 0 bridgehead atoms. The Labute approximate surface area is 106 Å². The number of carbonyl (C=O) groups is 1. The van der Waals surface area contributed by atoms with Crippen molar-refractivity contribution >= 4 is 17.4 Å². The number of fused-ring (bicyclic) bond motifs is 1. The van der Waals surface area contributed by atoms with Gasteiger partial charge in [0, 0.05) is 5.56 Å². The van der Waals surface area contributed by atoms with E-state index in [-0.39, 0.29) is 5.91 Å². The lowest BCUT2D eigenvalue weighted by Crippen LogP contribution is -2.31. The predicted octanol–water partition coefficient (Wildman–Crippen LogP) is 2.55. The fraction of sp³-hybridized carbons (Fsp3) is 0.286. The van der Waals surface area contributed by atoms with Crippen LogP contribution in [0.15, 0.2) is 29.8 Å². The largest absolute Gasteiger partial charge is 0.495 e. The number of amides is 1. The van der Waals surface area contributed by atoms with E-state index in [1.165, 1.54) is 7.11 Å². The van der Waals surface area contributed by atoms with Crippen molar-refractivity contribution in [1.82, 2.24) is 0 Å². The molecule has 0 saturated heterocycles. The maximum absolute atomic E-state index is 12.2. The average molecular weight is 242 g/mol. The Morgan fingerprint density at radius 3 is 2.61 bits per heavy atom. The SMILES string of the molecule is COC1=C(C#N)C(C)(C)C(=O)Nc2ccccc21. The molecule has 92 valence electrons. The molecule has 0 aromatic heterocycles. The first-order chi connectivity index (χ1) is 8.52. The molecule has 0 atom stereocenters. The summed E-state index contributed by atoms with van der Waals surface area (Å²) in [6, 6.07) is 9.40. The van der Waals surface area contributed by atoms with E-state index in [0.29, 0.717) is 17.0 Å². The first-order valence-corrected chi connectivity index (χ1v) is 5.62. The fourth-order valence-corrected chi connectivity index (χ4v) is 2.00. The molecule has 0 fully saturated rings. The van der Waals surface area contributed by atoms with E-state index in [4.69, 9.17) is 4.74 Å². The van der Waals surface area contributed by atoms with Crippen LogP contribution in [0.3, 0.4) is 0 Å². The molecular weight excluding hydrogens is 228 g/mol. The molecule has 0 radical (unpaired) electrons. The molecule has 0 spiro atoms. The van der Waals surface area contributed by atoms with Crippen molar-refractivity contribution in [2.75, 3.05) is 12.4 Å². The Balaban J connectivity index is 2.79. The standard InChI is InChI=1S/C14H14N2O2/c1-14(2)10(8-15)12(18-3)9-6-4-5-7-11(9)16-13(14)17/h4-7H,1-3H3,(H,16,17). The van der Waals surface area contributed by atoms with Gasteiger partial charge in [-0.1, -0.05) is 12.1 Å². The monoisotopic (exact) mass is 242 g/mol. The summed E-state index contributed by atoms with van der Waals surface area (Å²) in [5.74, 6) is 0.245. The van der Waals surface area contributed by atoms with E-state index in [1.54, 1.807) is 19.9 Å². The molecule has 0 saturated carbocycles. The van der Waals surface area contributed by atoms with Crippen LogP contribution in [-0.2, 0) is 9.53 Å². The third-order valence-corrected chi connectivity index (χ3v) is 3.16. The molecule has 1 aromatic carbocycles. The summed E-state index contributed by atoms with van der Waals surface area (Å²) in [6.07, 6.45) is 0. The molecule has 18 heavy (non-hydrogen) atoms. The van der Waals surface area contributed by atoms with Crippen LogP contribution in [0.25, 0.3) is 5.76 Å². The Hall–Kier alpha value is -2.28. The number of nitriles is 1. The number of nitrogens with one attached hydrogen (secondary N) is 1. The van der Waals surface area contributed by atoms with Gasteiger partial charge in [-0.3, -0.25) is 4.79 Å². The van der Waals surface area contributed by atoms with Crippen molar-refractivity contribution in [3.8, 4) is 6.07 Å². The van der Waals surface area contributed by atoms with Crippen LogP contribution in [0.4, 0.5) is 5.69 Å². The van der Waals surface area contributed by atoms with Gasteiger partial charge in [-0.05, 0) is 26.0 Å². The summed E-state index contributed by atoms with van der Waals surface area (Å²) in [5, 5.41) is 12.2. The summed E-state index contributed by atoms with van der Waals surface area (Å²) in [6.45, 7) is 3.43. The second kappa shape index (κ2) is 4.19. The van der Waals surface area contributed by atoms with Crippen LogP contribution in [0.1, 0.15) is 19.4 Å². The zero-order valence-electron chi connectivity index (χ0n) is 10.6. The van der Waals surface area contributed by atoms with Crippen molar-refractivity contribution in [2.45, 2.75) is 13.8 Å². The third-order valence-electron chi connectivity index (χ3n) is 3.16. The van der Waals surface area contributed by atoms with E-state index < -0.39 is 5.41 Å². The van der Waals surface area contributed by atoms with Crippen molar-refractivity contribution in [2.24, 2.45) is 5.41 Å².